The Morgan fingerprint density at radius 3 is 2.78 bits per heavy atom. The van der Waals surface area contributed by atoms with Gasteiger partial charge in [0.2, 0.25) is 5.91 Å². The summed E-state index contributed by atoms with van der Waals surface area (Å²) in [6.45, 7) is 7.88. The first-order valence-electron chi connectivity index (χ1n) is 9.28. The zero-order valence-electron chi connectivity index (χ0n) is 14.6. The van der Waals surface area contributed by atoms with Gasteiger partial charge in [-0.2, -0.15) is 0 Å². The third-order valence-electron chi connectivity index (χ3n) is 6.11. The van der Waals surface area contributed by atoms with Crippen LogP contribution in [0.15, 0.2) is 0 Å². The van der Waals surface area contributed by atoms with Gasteiger partial charge in [-0.1, -0.05) is 0 Å². The number of methoxy groups -OCH3 is 1. The van der Waals surface area contributed by atoms with Gasteiger partial charge in [0.05, 0.1) is 6.61 Å². The summed E-state index contributed by atoms with van der Waals surface area (Å²) >= 11 is 0. The number of hydrogen-bond acceptors (Lipinski definition) is 4. The Balaban J connectivity index is 1.44. The van der Waals surface area contributed by atoms with E-state index in [4.69, 9.17) is 9.47 Å². The molecule has 3 heterocycles. The molecule has 3 fully saturated rings. The van der Waals surface area contributed by atoms with Crippen LogP contribution < -0.4 is 0 Å². The minimum atomic E-state index is 0.316. The Labute approximate surface area is 140 Å². The van der Waals surface area contributed by atoms with Crippen molar-refractivity contribution in [3.8, 4) is 0 Å². The highest BCUT2D eigenvalue weighted by atomic mass is 16.5. The average Bonchev–Trinajstić information content (AvgIpc) is 3.09. The van der Waals surface area contributed by atoms with E-state index in [0.717, 1.165) is 45.1 Å². The first-order chi connectivity index (χ1) is 11.2. The van der Waals surface area contributed by atoms with Gasteiger partial charge in [0.15, 0.2) is 0 Å². The molecule has 0 bridgehead atoms. The topological polar surface area (TPSA) is 42.0 Å². The van der Waals surface area contributed by atoms with Crippen molar-refractivity contribution in [1.82, 2.24) is 9.80 Å². The molecule has 1 amide bonds. The zero-order chi connectivity index (χ0) is 16.1. The summed E-state index contributed by atoms with van der Waals surface area (Å²) in [5.74, 6) is 1.10. The van der Waals surface area contributed by atoms with Gasteiger partial charge in [-0.25, -0.2) is 0 Å². The van der Waals surface area contributed by atoms with Crippen molar-refractivity contribution >= 4 is 5.91 Å². The molecule has 132 valence electrons. The molecule has 0 radical (unpaired) electrons. The van der Waals surface area contributed by atoms with Gasteiger partial charge in [0, 0.05) is 39.8 Å². The molecule has 0 saturated carbocycles. The second kappa shape index (κ2) is 7.95. The summed E-state index contributed by atoms with van der Waals surface area (Å²) in [4.78, 5) is 16.8. The van der Waals surface area contributed by atoms with Crippen molar-refractivity contribution in [3.05, 3.63) is 0 Å². The van der Waals surface area contributed by atoms with E-state index < -0.39 is 0 Å². The average molecular weight is 324 g/mol. The van der Waals surface area contributed by atoms with Gasteiger partial charge in [-0.3, -0.25) is 4.79 Å². The standard InChI is InChI=1S/C18H32N2O3/c1-22-13-11-20-15-18(5-2-17(20)21)6-9-19(10-7-18)8-3-16-4-12-23-14-16/h16H,2-15H2,1H3/t16-/m1/s1. The van der Waals surface area contributed by atoms with Crippen LogP contribution in [0.2, 0.25) is 0 Å². The van der Waals surface area contributed by atoms with Crippen LogP contribution in [0, 0.1) is 11.3 Å². The van der Waals surface area contributed by atoms with E-state index >= 15 is 0 Å². The molecule has 0 N–H and O–H groups in total. The number of ether oxygens (including phenoxy) is 2. The molecular weight excluding hydrogens is 292 g/mol. The number of amides is 1. The van der Waals surface area contributed by atoms with Gasteiger partial charge in [0.1, 0.15) is 0 Å². The number of piperidine rings is 2. The molecule has 3 rings (SSSR count). The van der Waals surface area contributed by atoms with Crippen LogP contribution in [-0.2, 0) is 14.3 Å². The van der Waals surface area contributed by atoms with Crippen molar-refractivity contribution in [2.75, 3.05) is 59.7 Å². The third-order valence-corrected chi connectivity index (χ3v) is 6.11. The Morgan fingerprint density at radius 2 is 2.09 bits per heavy atom. The van der Waals surface area contributed by atoms with E-state index in [1.54, 1.807) is 7.11 Å². The first kappa shape index (κ1) is 17.2. The van der Waals surface area contributed by atoms with Gasteiger partial charge >= 0.3 is 0 Å². The quantitative estimate of drug-likeness (QED) is 0.747. The number of carbonyl (C=O) groups is 1. The maximum Gasteiger partial charge on any atom is 0.222 e. The molecule has 0 aromatic rings. The highest BCUT2D eigenvalue weighted by Gasteiger charge is 2.40. The highest BCUT2D eigenvalue weighted by molar-refractivity contribution is 5.77. The van der Waals surface area contributed by atoms with Crippen molar-refractivity contribution in [2.45, 2.75) is 38.5 Å². The molecule has 1 atom stereocenters. The minimum Gasteiger partial charge on any atom is -0.383 e. The molecule has 3 aliphatic rings. The van der Waals surface area contributed by atoms with Crippen LogP contribution in [-0.4, -0.2) is 75.4 Å². The first-order valence-corrected chi connectivity index (χ1v) is 9.28. The minimum absolute atomic E-state index is 0.316. The van der Waals surface area contributed by atoms with Crippen LogP contribution in [0.3, 0.4) is 0 Å². The van der Waals surface area contributed by atoms with Crippen molar-refractivity contribution in [3.63, 3.8) is 0 Å². The van der Waals surface area contributed by atoms with Gasteiger partial charge in [-0.15, -0.1) is 0 Å². The Morgan fingerprint density at radius 1 is 1.26 bits per heavy atom. The van der Waals surface area contributed by atoms with Crippen LogP contribution in [0.1, 0.15) is 38.5 Å². The lowest BCUT2D eigenvalue weighted by atomic mass is 9.72. The normalized spacial score (nSPS) is 28.7. The number of carbonyl (C=O) groups excluding carboxylic acids is 1. The predicted octanol–water partition coefficient (Wildman–Crippen LogP) is 1.76. The smallest absolute Gasteiger partial charge is 0.222 e. The van der Waals surface area contributed by atoms with Crippen molar-refractivity contribution in [2.24, 2.45) is 11.3 Å². The second-order valence-corrected chi connectivity index (χ2v) is 7.67. The molecule has 23 heavy (non-hydrogen) atoms. The van der Waals surface area contributed by atoms with E-state index in [1.165, 1.54) is 45.3 Å². The second-order valence-electron chi connectivity index (χ2n) is 7.67. The van der Waals surface area contributed by atoms with E-state index in [0.29, 0.717) is 17.9 Å². The Kier molecular flexibility index (Phi) is 5.94. The van der Waals surface area contributed by atoms with Crippen LogP contribution >= 0.6 is 0 Å². The summed E-state index contributed by atoms with van der Waals surface area (Å²) in [5, 5.41) is 0. The molecule has 1 spiro atoms. The summed E-state index contributed by atoms with van der Waals surface area (Å²) in [5.41, 5.74) is 0.370. The molecule has 5 nitrogen and oxygen atoms in total. The SMILES string of the molecule is COCCN1CC2(CCC1=O)CCN(CC[C@@H]1CCOC1)CC2. The van der Waals surface area contributed by atoms with Crippen molar-refractivity contribution < 1.29 is 14.3 Å². The fraction of sp³-hybridized carbons (Fsp3) is 0.944. The van der Waals surface area contributed by atoms with Gasteiger partial charge < -0.3 is 19.3 Å². The lowest BCUT2D eigenvalue weighted by Crippen LogP contribution is -2.52. The number of likely N-dealkylation sites (tertiary alicyclic amines) is 2. The summed E-state index contributed by atoms with van der Waals surface area (Å²) in [6, 6.07) is 0. The van der Waals surface area contributed by atoms with E-state index in [-0.39, 0.29) is 0 Å². The summed E-state index contributed by atoms with van der Waals surface area (Å²) in [7, 11) is 1.71. The molecule has 3 aliphatic heterocycles. The molecule has 0 aliphatic carbocycles. The lowest BCUT2D eigenvalue weighted by molar-refractivity contribution is -0.139. The van der Waals surface area contributed by atoms with Crippen LogP contribution in [0.25, 0.3) is 0 Å². The molecule has 0 aromatic carbocycles. The van der Waals surface area contributed by atoms with Gasteiger partial charge in [-0.05, 0) is 63.1 Å². The fourth-order valence-electron chi connectivity index (χ4n) is 4.34. The third kappa shape index (κ3) is 4.46. The van der Waals surface area contributed by atoms with Gasteiger partial charge in [0.25, 0.3) is 0 Å². The van der Waals surface area contributed by atoms with E-state index in [9.17, 15) is 4.79 Å². The maximum absolute atomic E-state index is 12.1. The molecular formula is C18H32N2O3. The highest BCUT2D eigenvalue weighted by Crippen LogP contribution is 2.40. The summed E-state index contributed by atoms with van der Waals surface area (Å²) < 4.78 is 10.6. The largest absolute Gasteiger partial charge is 0.383 e. The monoisotopic (exact) mass is 324 g/mol. The fourth-order valence-corrected chi connectivity index (χ4v) is 4.34. The number of rotatable bonds is 6. The van der Waals surface area contributed by atoms with Crippen molar-refractivity contribution in [1.29, 1.82) is 0 Å². The number of nitrogens with zero attached hydrogens (tertiary/aromatic N) is 2. The van der Waals surface area contributed by atoms with E-state index in [2.05, 4.69) is 4.90 Å². The summed E-state index contributed by atoms with van der Waals surface area (Å²) in [6.07, 6.45) is 6.82. The Hall–Kier alpha value is -0.650. The van der Waals surface area contributed by atoms with Crippen LogP contribution in [0.5, 0.6) is 0 Å². The lowest BCUT2D eigenvalue weighted by Gasteiger charge is -2.47. The van der Waals surface area contributed by atoms with Crippen LogP contribution in [0.4, 0.5) is 0 Å². The maximum atomic E-state index is 12.1. The van der Waals surface area contributed by atoms with E-state index in [1.807, 2.05) is 4.90 Å². The molecule has 0 unspecified atom stereocenters. The predicted molar refractivity (Wildman–Crippen MR) is 89.3 cm³/mol. The zero-order valence-corrected chi connectivity index (χ0v) is 14.6. The molecule has 0 aromatic heterocycles. The molecule has 5 heteroatoms. The Bertz CT molecular complexity index is 388. The molecule has 3 saturated heterocycles. The number of hydrogen-bond donors (Lipinski definition) is 0.